The van der Waals surface area contributed by atoms with Gasteiger partial charge < -0.3 is 0 Å². The second kappa shape index (κ2) is 3.60. The fourth-order valence-electron chi connectivity index (χ4n) is 0.911. The molecule has 0 unspecified atom stereocenters. The van der Waals surface area contributed by atoms with Gasteiger partial charge in [-0.05, 0) is 27.8 Å². The van der Waals surface area contributed by atoms with Crippen LogP contribution in [0, 0.1) is 5.41 Å². The van der Waals surface area contributed by atoms with E-state index in [0.717, 1.165) is 17.4 Å². The average molecular weight is 231 g/mol. The van der Waals surface area contributed by atoms with Crippen LogP contribution in [-0.4, -0.2) is 9.78 Å². The molecule has 0 saturated heterocycles. The summed E-state index contributed by atoms with van der Waals surface area (Å²) in [5, 5.41) is 4.19. The highest BCUT2D eigenvalue weighted by atomic mass is 79.9. The molecule has 68 valence electrons. The number of halogens is 1. The number of hydrogen-bond donors (Lipinski definition) is 0. The Labute approximate surface area is 82.1 Å². The SMILES string of the molecule is CC(C)(C)CCn1cc(Br)cn1. The van der Waals surface area contributed by atoms with Gasteiger partial charge in [0.05, 0.1) is 10.7 Å². The summed E-state index contributed by atoms with van der Waals surface area (Å²) in [5.74, 6) is 0. The molecule has 12 heavy (non-hydrogen) atoms. The lowest BCUT2D eigenvalue weighted by atomic mass is 9.92. The van der Waals surface area contributed by atoms with E-state index in [1.165, 1.54) is 0 Å². The van der Waals surface area contributed by atoms with Crippen molar-refractivity contribution in [2.24, 2.45) is 5.41 Å². The Morgan fingerprint density at radius 3 is 2.58 bits per heavy atom. The Balaban J connectivity index is 2.44. The van der Waals surface area contributed by atoms with Crippen LogP contribution >= 0.6 is 15.9 Å². The van der Waals surface area contributed by atoms with Crippen LogP contribution in [0.5, 0.6) is 0 Å². The van der Waals surface area contributed by atoms with Gasteiger partial charge in [0.1, 0.15) is 0 Å². The fourth-order valence-corrected chi connectivity index (χ4v) is 1.24. The molecule has 0 bridgehead atoms. The molecule has 0 aliphatic heterocycles. The molecule has 3 heteroatoms. The van der Waals surface area contributed by atoms with E-state index in [1.54, 1.807) is 0 Å². The van der Waals surface area contributed by atoms with Gasteiger partial charge in [-0.3, -0.25) is 4.68 Å². The number of hydrogen-bond acceptors (Lipinski definition) is 1. The van der Waals surface area contributed by atoms with E-state index in [0.29, 0.717) is 5.41 Å². The van der Waals surface area contributed by atoms with Crippen molar-refractivity contribution < 1.29 is 0 Å². The lowest BCUT2D eigenvalue weighted by Gasteiger charge is -2.17. The van der Waals surface area contributed by atoms with Gasteiger partial charge >= 0.3 is 0 Å². The molecule has 0 aromatic carbocycles. The number of aryl methyl sites for hydroxylation is 1. The third kappa shape index (κ3) is 3.39. The molecule has 2 nitrogen and oxygen atoms in total. The van der Waals surface area contributed by atoms with Crippen molar-refractivity contribution in [3.63, 3.8) is 0 Å². The molecule has 1 heterocycles. The van der Waals surface area contributed by atoms with E-state index >= 15 is 0 Å². The van der Waals surface area contributed by atoms with Crippen molar-refractivity contribution in [2.75, 3.05) is 0 Å². The van der Waals surface area contributed by atoms with E-state index in [4.69, 9.17) is 0 Å². The second-order valence-electron chi connectivity index (χ2n) is 4.23. The molecule has 0 radical (unpaired) electrons. The third-order valence-corrected chi connectivity index (χ3v) is 2.10. The van der Waals surface area contributed by atoms with Crippen molar-refractivity contribution in [1.29, 1.82) is 0 Å². The molecule has 0 aliphatic carbocycles. The first-order valence-electron chi connectivity index (χ1n) is 4.15. The predicted octanol–water partition coefficient (Wildman–Crippen LogP) is 3.08. The highest BCUT2D eigenvalue weighted by Gasteiger charge is 2.09. The Bertz CT molecular complexity index is 247. The van der Waals surface area contributed by atoms with Crippen LogP contribution in [0.4, 0.5) is 0 Å². The van der Waals surface area contributed by atoms with Gasteiger partial charge in [0.2, 0.25) is 0 Å². The average Bonchev–Trinajstić information content (AvgIpc) is 2.30. The maximum Gasteiger partial charge on any atom is 0.0632 e. The Morgan fingerprint density at radius 1 is 1.50 bits per heavy atom. The molecule has 0 N–H and O–H groups in total. The summed E-state index contributed by atoms with van der Waals surface area (Å²) >= 11 is 3.37. The summed E-state index contributed by atoms with van der Waals surface area (Å²) in [7, 11) is 0. The molecule has 0 amide bonds. The Hall–Kier alpha value is -0.310. The monoisotopic (exact) mass is 230 g/mol. The van der Waals surface area contributed by atoms with Gasteiger partial charge in [-0.2, -0.15) is 5.10 Å². The zero-order valence-electron chi connectivity index (χ0n) is 7.84. The quantitative estimate of drug-likeness (QED) is 0.764. The second-order valence-corrected chi connectivity index (χ2v) is 5.15. The van der Waals surface area contributed by atoms with E-state index in [9.17, 15) is 0 Å². The molecule has 1 rings (SSSR count). The molecule has 0 fully saturated rings. The van der Waals surface area contributed by atoms with Crippen molar-refractivity contribution in [1.82, 2.24) is 9.78 Å². The largest absolute Gasteiger partial charge is 0.272 e. The first-order chi connectivity index (χ1) is 5.47. The smallest absolute Gasteiger partial charge is 0.0632 e. The van der Waals surface area contributed by atoms with Crippen molar-refractivity contribution in [3.8, 4) is 0 Å². The van der Waals surface area contributed by atoms with Crippen LogP contribution in [0.3, 0.4) is 0 Å². The molecule has 0 spiro atoms. The van der Waals surface area contributed by atoms with Crippen LogP contribution in [0.25, 0.3) is 0 Å². The molecule has 0 aliphatic rings. The van der Waals surface area contributed by atoms with Crippen molar-refractivity contribution in [2.45, 2.75) is 33.7 Å². The molecule has 0 saturated carbocycles. The van der Waals surface area contributed by atoms with E-state index in [-0.39, 0.29) is 0 Å². The predicted molar refractivity (Wildman–Crippen MR) is 54.0 cm³/mol. The van der Waals surface area contributed by atoms with Gasteiger partial charge in [-0.1, -0.05) is 20.8 Å². The Kier molecular flexibility index (Phi) is 2.94. The number of rotatable bonds is 2. The van der Waals surface area contributed by atoms with Gasteiger partial charge in [0, 0.05) is 12.7 Å². The minimum Gasteiger partial charge on any atom is -0.272 e. The summed E-state index contributed by atoms with van der Waals surface area (Å²) in [6.45, 7) is 7.72. The summed E-state index contributed by atoms with van der Waals surface area (Å²) in [4.78, 5) is 0. The maximum atomic E-state index is 4.19. The summed E-state index contributed by atoms with van der Waals surface area (Å²) in [5.41, 5.74) is 0.387. The first kappa shape index (κ1) is 9.78. The minimum atomic E-state index is 0.387. The fraction of sp³-hybridized carbons (Fsp3) is 0.667. The lowest BCUT2D eigenvalue weighted by Crippen LogP contribution is -2.10. The van der Waals surface area contributed by atoms with Crippen molar-refractivity contribution in [3.05, 3.63) is 16.9 Å². The zero-order chi connectivity index (χ0) is 9.19. The highest BCUT2D eigenvalue weighted by molar-refractivity contribution is 9.10. The normalized spacial score (nSPS) is 12.0. The van der Waals surface area contributed by atoms with Crippen LogP contribution < -0.4 is 0 Å². The van der Waals surface area contributed by atoms with Gasteiger partial charge in [-0.15, -0.1) is 0 Å². The molecular weight excluding hydrogens is 216 g/mol. The summed E-state index contributed by atoms with van der Waals surface area (Å²) in [6.07, 6.45) is 4.98. The van der Waals surface area contributed by atoms with E-state index in [1.807, 2.05) is 17.1 Å². The highest BCUT2D eigenvalue weighted by Crippen LogP contribution is 2.19. The zero-order valence-corrected chi connectivity index (χ0v) is 9.43. The summed E-state index contributed by atoms with van der Waals surface area (Å²) in [6, 6.07) is 0. The van der Waals surface area contributed by atoms with Gasteiger partial charge in [-0.25, -0.2) is 0 Å². The van der Waals surface area contributed by atoms with E-state index in [2.05, 4.69) is 41.8 Å². The number of nitrogens with zero attached hydrogens (tertiary/aromatic N) is 2. The van der Waals surface area contributed by atoms with Gasteiger partial charge in [0.25, 0.3) is 0 Å². The molecule has 1 aromatic heterocycles. The molecular formula is C9H15BrN2. The van der Waals surface area contributed by atoms with Crippen LogP contribution in [0.1, 0.15) is 27.2 Å². The molecule has 1 aromatic rings. The topological polar surface area (TPSA) is 17.8 Å². The van der Waals surface area contributed by atoms with Crippen LogP contribution in [-0.2, 0) is 6.54 Å². The van der Waals surface area contributed by atoms with Crippen molar-refractivity contribution >= 4 is 15.9 Å². The van der Waals surface area contributed by atoms with Crippen LogP contribution in [0.2, 0.25) is 0 Å². The lowest BCUT2D eigenvalue weighted by molar-refractivity contribution is 0.341. The Morgan fingerprint density at radius 2 is 2.17 bits per heavy atom. The van der Waals surface area contributed by atoms with E-state index < -0.39 is 0 Å². The van der Waals surface area contributed by atoms with Crippen LogP contribution in [0.15, 0.2) is 16.9 Å². The third-order valence-electron chi connectivity index (χ3n) is 1.69. The first-order valence-corrected chi connectivity index (χ1v) is 4.95. The van der Waals surface area contributed by atoms with Gasteiger partial charge in [0.15, 0.2) is 0 Å². The number of aromatic nitrogens is 2. The maximum absolute atomic E-state index is 4.19. The molecule has 0 atom stereocenters. The summed E-state index contributed by atoms with van der Waals surface area (Å²) < 4.78 is 3.02. The standard InChI is InChI=1S/C9H15BrN2/c1-9(2,3)4-5-12-7-8(10)6-11-12/h6-7H,4-5H2,1-3H3. The minimum absolute atomic E-state index is 0.387.